The summed E-state index contributed by atoms with van der Waals surface area (Å²) in [6.45, 7) is 9.87. The number of carbonyl (C=O) groups is 1. The number of hydrogen-bond donors (Lipinski definition) is 1. The Hall–Kier alpha value is -2.89. The number of amides is 1. The van der Waals surface area contributed by atoms with E-state index in [1.165, 1.54) is 12.1 Å². The molecule has 2 aromatic carbocycles. The first-order valence-electron chi connectivity index (χ1n) is 8.37. The molecule has 0 aliphatic rings. The number of nitro benzene ring substituents is 1. The number of ether oxygens (including phenoxy) is 1. The fraction of sp³-hybridized carbons (Fsp3) is 0.350. The van der Waals surface area contributed by atoms with Gasteiger partial charge in [0.05, 0.1) is 10.6 Å². The van der Waals surface area contributed by atoms with Gasteiger partial charge in [-0.25, -0.2) is 0 Å². The van der Waals surface area contributed by atoms with Gasteiger partial charge in [0, 0.05) is 12.1 Å². The van der Waals surface area contributed by atoms with Gasteiger partial charge in [0.15, 0.2) is 6.61 Å². The molecular weight excluding hydrogens is 332 g/mol. The van der Waals surface area contributed by atoms with E-state index in [1.807, 2.05) is 19.1 Å². The predicted molar refractivity (Wildman–Crippen MR) is 102 cm³/mol. The van der Waals surface area contributed by atoms with Gasteiger partial charge in [0.1, 0.15) is 5.75 Å². The SMILES string of the molecule is Cc1ccc(OCC(=O)Nc2cc([N+](=O)[O-])ccc2C)c(C(C)(C)C)c1. The van der Waals surface area contributed by atoms with E-state index in [4.69, 9.17) is 4.74 Å². The van der Waals surface area contributed by atoms with Gasteiger partial charge in [-0.05, 0) is 36.5 Å². The second kappa shape index (κ2) is 7.56. The fourth-order valence-electron chi connectivity index (χ4n) is 2.54. The minimum Gasteiger partial charge on any atom is -0.483 e. The first-order valence-corrected chi connectivity index (χ1v) is 8.37. The normalized spacial score (nSPS) is 11.1. The van der Waals surface area contributed by atoms with Crippen LogP contribution in [0.3, 0.4) is 0 Å². The Morgan fingerprint density at radius 2 is 1.85 bits per heavy atom. The molecule has 2 aromatic rings. The van der Waals surface area contributed by atoms with Crippen LogP contribution in [0.15, 0.2) is 36.4 Å². The molecule has 6 nitrogen and oxygen atoms in total. The molecule has 0 aliphatic carbocycles. The third kappa shape index (κ3) is 4.81. The summed E-state index contributed by atoms with van der Waals surface area (Å²) in [6.07, 6.45) is 0. The zero-order chi connectivity index (χ0) is 19.5. The van der Waals surface area contributed by atoms with E-state index < -0.39 is 4.92 Å². The van der Waals surface area contributed by atoms with Crippen molar-refractivity contribution in [3.8, 4) is 5.75 Å². The molecule has 0 radical (unpaired) electrons. The maximum Gasteiger partial charge on any atom is 0.271 e. The van der Waals surface area contributed by atoms with Crippen molar-refractivity contribution in [1.29, 1.82) is 0 Å². The molecule has 0 atom stereocenters. The lowest BCUT2D eigenvalue weighted by atomic mass is 9.85. The summed E-state index contributed by atoms with van der Waals surface area (Å²) in [4.78, 5) is 22.6. The van der Waals surface area contributed by atoms with E-state index in [9.17, 15) is 14.9 Å². The average Bonchev–Trinajstić information content (AvgIpc) is 2.54. The largest absolute Gasteiger partial charge is 0.483 e. The maximum absolute atomic E-state index is 12.2. The number of aryl methyl sites for hydroxylation is 2. The molecule has 6 heteroatoms. The number of carbonyl (C=O) groups excluding carboxylic acids is 1. The van der Waals surface area contributed by atoms with Crippen molar-refractivity contribution < 1.29 is 14.5 Å². The maximum atomic E-state index is 12.2. The number of hydrogen-bond acceptors (Lipinski definition) is 4. The van der Waals surface area contributed by atoms with E-state index in [0.29, 0.717) is 11.4 Å². The summed E-state index contributed by atoms with van der Waals surface area (Å²) in [6, 6.07) is 10.2. The molecule has 0 bridgehead atoms. The van der Waals surface area contributed by atoms with Gasteiger partial charge in [-0.1, -0.05) is 44.5 Å². The van der Waals surface area contributed by atoms with Crippen LogP contribution >= 0.6 is 0 Å². The van der Waals surface area contributed by atoms with Crippen LogP contribution in [-0.2, 0) is 10.2 Å². The summed E-state index contributed by atoms with van der Waals surface area (Å²) in [7, 11) is 0. The van der Waals surface area contributed by atoms with Crippen molar-refractivity contribution in [2.24, 2.45) is 0 Å². The Morgan fingerprint density at radius 1 is 1.15 bits per heavy atom. The summed E-state index contributed by atoms with van der Waals surface area (Å²) in [5, 5.41) is 13.6. The van der Waals surface area contributed by atoms with Crippen molar-refractivity contribution in [2.45, 2.75) is 40.0 Å². The third-order valence-electron chi connectivity index (χ3n) is 4.01. The van der Waals surface area contributed by atoms with E-state index >= 15 is 0 Å². The van der Waals surface area contributed by atoms with Crippen LogP contribution in [0.4, 0.5) is 11.4 Å². The van der Waals surface area contributed by atoms with Gasteiger partial charge in [-0.2, -0.15) is 0 Å². The van der Waals surface area contributed by atoms with Crippen LogP contribution in [0.5, 0.6) is 5.75 Å². The third-order valence-corrected chi connectivity index (χ3v) is 4.01. The van der Waals surface area contributed by atoms with Gasteiger partial charge in [0.25, 0.3) is 11.6 Å². The van der Waals surface area contributed by atoms with Crippen LogP contribution in [-0.4, -0.2) is 17.4 Å². The standard InChI is InChI=1S/C20H24N2O4/c1-13-6-9-18(16(10-13)20(3,4)5)26-12-19(23)21-17-11-15(22(24)25)8-7-14(17)2/h6-11H,12H2,1-5H3,(H,21,23). The van der Waals surface area contributed by atoms with Crippen molar-refractivity contribution in [1.82, 2.24) is 0 Å². The quantitative estimate of drug-likeness (QED) is 0.630. The Kier molecular flexibility index (Phi) is 5.65. The minimum absolute atomic E-state index is 0.0691. The Balaban J connectivity index is 2.11. The number of benzene rings is 2. The van der Waals surface area contributed by atoms with Gasteiger partial charge in [0.2, 0.25) is 0 Å². The molecule has 0 saturated heterocycles. The lowest BCUT2D eigenvalue weighted by Gasteiger charge is -2.23. The van der Waals surface area contributed by atoms with Crippen molar-refractivity contribution in [3.05, 3.63) is 63.2 Å². The van der Waals surface area contributed by atoms with E-state index in [2.05, 4.69) is 32.2 Å². The molecule has 2 rings (SSSR count). The summed E-state index contributed by atoms with van der Waals surface area (Å²) in [5.74, 6) is 0.294. The number of nitrogens with zero attached hydrogens (tertiary/aromatic N) is 1. The fourth-order valence-corrected chi connectivity index (χ4v) is 2.54. The molecule has 138 valence electrons. The van der Waals surface area contributed by atoms with Crippen LogP contribution in [0, 0.1) is 24.0 Å². The van der Waals surface area contributed by atoms with Gasteiger partial charge >= 0.3 is 0 Å². The Labute approximate surface area is 153 Å². The first-order chi connectivity index (χ1) is 12.1. The number of non-ortho nitro benzene ring substituents is 1. The number of anilines is 1. The summed E-state index contributed by atoms with van der Waals surface area (Å²) >= 11 is 0. The molecule has 1 N–H and O–H groups in total. The van der Waals surface area contributed by atoms with Crippen molar-refractivity contribution in [3.63, 3.8) is 0 Å². The molecule has 0 heterocycles. The predicted octanol–water partition coefficient (Wildman–Crippen LogP) is 4.53. The molecule has 0 aliphatic heterocycles. The molecule has 0 unspecified atom stereocenters. The van der Waals surface area contributed by atoms with Crippen molar-refractivity contribution in [2.75, 3.05) is 11.9 Å². The monoisotopic (exact) mass is 356 g/mol. The van der Waals surface area contributed by atoms with E-state index in [1.54, 1.807) is 13.0 Å². The van der Waals surface area contributed by atoms with Gasteiger partial charge in [-0.15, -0.1) is 0 Å². The summed E-state index contributed by atoms with van der Waals surface area (Å²) < 4.78 is 5.72. The highest BCUT2D eigenvalue weighted by atomic mass is 16.6. The minimum atomic E-state index is -0.493. The van der Waals surface area contributed by atoms with E-state index in [0.717, 1.165) is 16.7 Å². The van der Waals surface area contributed by atoms with Crippen LogP contribution in [0.25, 0.3) is 0 Å². The molecule has 26 heavy (non-hydrogen) atoms. The highest BCUT2D eigenvalue weighted by Crippen LogP contribution is 2.32. The lowest BCUT2D eigenvalue weighted by Crippen LogP contribution is -2.22. The lowest BCUT2D eigenvalue weighted by molar-refractivity contribution is -0.384. The van der Waals surface area contributed by atoms with E-state index in [-0.39, 0.29) is 23.6 Å². The van der Waals surface area contributed by atoms with Crippen LogP contribution in [0.1, 0.15) is 37.5 Å². The molecule has 0 spiro atoms. The second-order valence-electron chi connectivity index (χ2n) is 7.34. The van der Waals surface area contributed by atoms with Crippen LogP contribution < -0.4 is 10.1 Å². The molecule has 0 saturated carbocycles. The topological polar surface area (TPSA) is 81.5 Å². The van der Waals surface area contributed by atoms with Gasteiger partial charge in [-0.3, -0.25) is 14.9 Å². The first kappa shape index (κ1) is 19.4. The highest BCUT2D eigenvalue weighted by Gasteiger charge is 2.20. The zero-order valence-electron chi connectivity index (χ0n) is 15.8. The smallest absolute Gasteiger partial charge is 0.271 e. The summed E-state index contributed by atoms with van der Waals surface area (Å²) in [5.41, 5.74) is 3.12. The van der Waals surface area contributed by atoms with Crippen LogP contribution in [0.2, 0.25) is 0 Å². The number of rotatable bonds is 5. The average molecular weight is 356 g/mol. The Morgan fingerprint density at radius 3 is 2.46 bits per heavy atom. The molecular formula is C20H24N2O4. The highest BCUT2D eigenvalue weighted by molar-refractivity contribution is 5.93. The second-order valence-corrected chi connectivity index (χ2v) is 7.34. The molecule has 0 aromatic heterocycles. The molecule has 0 fully saturated rings. The number of nitrogens with one attached hydrogen (secondary N) is 1. The number of nitro groups is 1. The zero-order valence-corrected chi connectivity index (χ0v) is 15.8. The van der Waals surface area contributed by atoms with Gasteiger partial charge < -0.3 is 10.1 Å². The Bertz CT molecular complexity index is 838. The molecule has 1 amide bonds. The van der Waals surface area contributed by atoms with Crippen molar-refractivity contribution >= 4 is 17.3 Å².